The molecule has 0 saturated carbocycles. The minimum atomic E-state index is -0.502. The lowest BCUT2D eigenvalue weighted by atomic mass is 10.1. The van der Waals surface area contributed by atoms with Gasteiger partial charge in [0.1, 0.15) is 6.61 Å². The Hall–Kier alpha value is -3.09. The Morgan fingerprint density at radius 1 is 1.11 bits per heavy atom. The molecule has 0 unspecified atom stereocenters. The summed E-state index contributed by atoms with van der Waals surface area (Å²) in [4.78, 5) is 37.3. The van der Waals surface area contributed by atoms with Crippen LogP contribution >= 0.6 is 46.0 Å². The van der Waals surface area contributed by atoms with Gasteiger partial charge in [-0.2, -0.15) is 0 Å². The van der Waals surface area contributed by atoms with Gasteiger partial charge >= 0.3 is 0 Å². The smallest absolute Gasteiger partial charge is 0.293 e. The molecule has 1 heterocycles. The number of amides is 2. The number of thioether (sulfide) groups is 1. The fourth-order valence-electron chi connectivity index (χ4n) is 3.53. The molecule has 0 atom stereocenters. The molecule has 0 spiro atoms. The molecule has 1 aliphatic rings. The molecule has 0 N–H and O–H groups in total. The molecule has 1 fully saturated rings. The lowest BCUT2D eigenvalue weighted by molar-refractivity contribution is -0.384. The first-order chi connectivity index (χ1) is 17.8. The molecule has 1 aliphatic heterocycles. The van der Waals surface area contributed by atoms with Gasteiger partial charge in [0.2, 0.25) is 0 Å². The van der Waals surface area contributed by atoms with Crippen molar-refractivity contribution >= 4 is 68.9 Å². The minimum absolute atomic E-state index is 0.0244. The second kappa shape index (κ2) is 12.0. The number of nitro benzene ring substituents is 1. The van der Waals surface area contributed by atoms with Gasteiger partial charge < -0.3 is 9.47 Å². The highest BCUT2D eigenvalue weighted by Crippen LogP contribution is 2.38. The summed E-state index contributed by atoms with van der Waals surface area (Å²) in [6.45, 7) is 2.56. The fourth-order valence-corrected chi connectivity index (χ4v) is 5.34. The van der Waals surface area contributed by atoms with Crippen molar-refractivity contribution < 1.29 is 24.0 Å². The van der Waals surface area contributed by atoms with Crippen molar-refractivity contribution in [1.29, 1.82) is 0 Å². The van der Waals surface area contributed by atoms with Gasteiger partial charge in [0.15, 0.2) is 11.5 Å². The predicted octanol–water partition coefficient (Wildman–Crippen LogP) is 7.07. The first-order valence-corrected chi connectivity index (χ1v) is 13.4. The molecule has 37 heavy (non-hydrogen) atoms. The zero-order valence-electron chi connectivity index (χ0n) is 19.5. The molecule has 4 rings (SSSR count). The SMILES string of the molecule is CCOc1cc(/C=C2/SC(=O)N(Cc3ccc([N+](=O)[O-])cc3)C2=O)cc(I)c1OCc1ccccc1Cl. The lowest BCUT2D eigenvalue weighted by Gasteiger charge is -2.15. The predicted molar refractivity (Wildman–Crippen MR) is 151 cm³/mol. The largest absolute Gasteiger partial charge is 0.490 e. The van der Waals surface area contributed by atoms with Gasteiger partial charge in [-0.1, -0.05) is 41.9 Å². The summed E-state index contributed by atoms with van der Waals surface area (Å²) in [7, 11) is 0. The number of hydrogen-bond donors (Lipinski definition) is 0. The summed E-state index contributed by atoms with van der Waals surface area (Å²) in [5, 5.41) is 11.1. The van der Waals surface area contributed by atoms with Gasteiger partial charge in [0.05, 0.1) is 26.6 Å². The third-order valence-electron chi connectivity index (χ3n) is 5.32. The van der Waals surface area contributed by atoms with E-state index in [1.807, 2.05) is 31.2 Å². The van der Waals surface area contributed by atoms with Crippen LogP contribution < -0.4 is 9.47 Å². The van der Waals surface area contributed by atoms with Crippen molar-refractivity contribution in [2.45, 2.75) is 20.1 Å². The average molecular weight is 651 g/mol. The minimum Gasteiger partial charge on any atom is -0.490 e. The van der Waals surface area contributed by atoms with E-state index < -0.39 is 16.1 Å². The van der Waals surface area contributed by atoms with Gasteiger partial charge in [-0.3, -0.25) is 24.6 Å². The van der Waals surface area contributed by atoms with Crippen molar-refractivity contribution in [3.05, 3.63) is 101 Å². The number of rotatable bonds is 9. The van der Waals surface area contributed by atoms with E-state index in [-0.39, 0.29) is 23.7 Å². The van der Waals surface area contributed by atoms with Crippen LogP contribution in [0.5, 0.6) is 11.5 Å². The van der Waals surface area contributed by atoms with Crippen LogP contribution in [0.2, 0.25) is 5.02 Å². The molecule has 0 radical (unpaired) electrons. The molecule has 0 aliphatic carbocycles. The topological polar surface area (TPSA) is 99.0 Å². The molecule has 0 bridgehead atoms. The van der Waals surface area contributed by atoms with Crippen LogP contribution in [0, 0.1) is 13.7 Å². The zero-order chi connectivity index (χ0) is 26.5. The maximum atomic E-state index is 13.0. The number of ether oxygens (including phenoxy) is 2. The van der Waals surface area contributed by atoms with E-state index >= 15 is 0 Å². The number of hydrogen-bond acceptors (Lipinski definition) is 7. The summed E-state index contributed by atoms with van der Waals surface area (Å²) in [6, 6.07) is 16.8. The molecule has 0 aromatic heterocycles. The summed E-state index contributed by atoms with van der Waals surface area (Å²) in [5.41, 5.74) is 2.08. The third-order valence-corrected chi connectivity index (χ3v) is 7.40. The Kier molecular flexibility index (Phi) is 8.72. The quantitative estimate of drug-likeness (QED) is 0.106. The summed E-state index contributed by atoms with van der Waals surface area (Å²) < 4.78 is 12.6. The van der Waals surface area contributed by atoms with Crippen LogP contribution in [0.25, 0.3) is 6.08 Å². The van der Waals surface area contributed by atoms with Crippen molar-refractivity contribution in [3.63, 3.8) is 0 Å². The second-order valence-electron chi connectivity index (χ2n) is 7.83. The highest BCUT2D eigenvalue weighted by molar-refractivity contribution is 14.1. The zero-order valence-corrected chi connectivity index (χ0v) is 23.2. The molecule has 8 nitrogen and oxygen atoms in total. The van der Waals surface area contributed by atoms with Crippen LogP contribution in [0.1, 0.15) is 23.6 Å². The van der Waals surface area contributed by atoms with E-state index in [1.54, 1.807) is 18.2 Å². The summed E-state index contributed by atoms with van der Waals surface area (Å²) in [6.07, 6.45) is 1.64. The molecular weight excluding hydrogens is 631 g/mol. The van der Waals surface area contributed by atoms with Crippen molar-refractivity contribution in [3.8, 4) is 11.5 Å². The first-order valence-electron chi connectivity index (χ1n) is 11.1. The number of halogens is 2. The lowest BCUT2D eigenvalue weighted by Crippen LogP contribution is -2.27. The molecular formula is C26H20ClIN2O6S. The summed E-state index contributed by atoms with van der Waals surface area (Å²) in [5.74, 6) is 0.643. The Balaban J connectivity index is 1.54. The van der Waals surface area contributed by atoms with Crippen molar-refractivity contribution in [2.75, 3.05) is 6.61 Å². The van der Waals surface area contributed by atoms with E-state index in [9.17, 15) is 19.7 Å². The van der Waals surface area contributed by atoms with Gasteiger partial charge in [-0.15, -0.1) is 0 Å². The van der Waals surface area contributed by atoms with E-state index in [0.29, 0.717) is 34.3 Å². The van der Waals surface area contributed by atoms with Gasteiger partial charge in [0, 0.05) is 22.7 Å². The molecule has 190 valence electrons. The van der Waals surface area contributed by atoms with Crippen LogP contribution in [-0.4, -0.2) is 27.6 Å². The van der Waals surface area contributed by atoms with E-state index in [1.165, 1.54) is 24.3 Å². The van der Waals surface area contributed by atoms with Crippen LogP contribution in [0.15, 0.2) is 65.6 Å². The molecule has 11 heteroatoms. The molecule has 2 amide bonds. The first kappa shape index (κ1) is 27.0. The molecule has 3 aromatic carbocycles. The van der Waals surface area contributed by atoms with Crippen molar-refractivity contribution in [2.24, 2.45) is 0 Å². The fraction of sp³-hybridized carbons (Fsp3) is 0.154. The highest BCUT2D eigenvalue weighted by Gasteiger charge is 2.35. The Bertz CT molecular complexity index is 1400. The van der Waals surface area contributed by atoms with Crippen molar-refractivity contribution in [1.82, 2.24) is 4.90 Å². The number of imide groups is 1. The Labute approximate surface area is 235 Å². The number of non-ortho nitro benzene ring substituents is 1. The second-order valence-corrected chi connectivity index (χ2v) is 10.4. The summed E-state index contributed by atoms with van der Waals surface area (Å²) >= 11 is 9.23. The Morgan fingerprint density at radius 2 is 1.84 bits per heavy atom. The number of nitrogens with zero attached hydrogens (tertiary/aromatic N) is 2. The standard InChI is InChI=1S/C26H20ClIN2O6S/c1-2-35-22-12-17(11-21(28)24(22)36-15-18-5-3-4-6-20(18)27)13-23-25(31)29(26(32)37-23)14-16-7-9-19(10-8-16)30(33)34/h3-13H,2,14-15H2,1H3/b23-13+. The third kappa shape index (κ3) is 6.43. The average Bonchev–Trinajstić information content (AvgIpc) is 3.12. The normalized spacial score (nSPS) is 14.4. The van der Waals surface area contributed by atoms with Crippen LogP contribution in [0.4, 0.5) is 10.5 Å². The van der Waals surface area contributed by atoms with Crippen LogP contribution in [-0.2, 0) is 17.9 Å². The number of benzene rings is 3. The number of carbonyl (C=O) groups excluding carboxylic acids is 2. The number of carbonyl (C=O) groups is 2. The molecule has 3 aromatic rings. The molecule has 1 saturated heterocycles. The van der Waals surface area contributed by atoms with E-state index in [4.69, 9.17) is 21.1 Å². The van der Waals surface area contributed by atoms with E-state index in [0.717, 1.165) is 25.8 Å². The highest BCUT2D eigenvalue weighted by atomic mass is 127. The number of nitro groups is 1. The maximum absolute atomic E-state index is 13.0. The maximum Gasteiger partial charge on any atom is 0.293 e. The van der Waals surface area contributed by atoms with Crippen LogP contribution in [0.3, 0.4) is 0 Å². The van der Waals surface area contributed by atoms with Gasteiger partial charge in [0.25, 0.3) is 16.8 Å². The monoisotopic (exact) mass is 650 g/mol. The van der Waals surface area contributed by atoms with Gasteiger partial charge in [-0.25, -0.2) is 0 Å². The van der Waals surface area contributed by atoms with E-state index in [2.05, 4.69) is 22.6 Å². The van der Waals surface area contributed by atoms with Gasteiger partial charge in [-0.05, 0) is 76.7 Å². The Morgan fingerprint density at radius 3 is 2.51 bits per heavy atom.